The van der Waals surface area contributed by atoms with Gasteiger partial charge in [-0.25, -0.2) is 4.99 Å². The molecule has 0 saturated carbocycles. The van der Waals surface area contributed by atoms with Crippen molar-refractivity contribution < 1.29 is 0 Å². The van der Waals surface area contributed by atoms with Crippen molar-refractivity contribution in [2.75, 3.05) is 0 Å². The summed E-state index contributed by atoms with van der Waals surface area (Å²) in [5.74, 6) is 0.332. The minimum absolute atomic E-state index is 0.332. The normalized spacial score (nSPS) is 24.5. The first-order valence-corrected chi connectivity index (χ1v) is 5.52. The molecule has 0 aliphatic carbocycles. The molecule has 4 nitrogen and oxygen atoms in total. The Labute approximate surface area is 102 Å². The van der Waals surface area contributed by atoms with Crippen LogP contribution in [0.4, 0.5) is 0 Å². The zero-order valence-corrected chi connectivity index (χ0v) is 10.1. The second-order valence-corrected chi connectivity index (χ2v) is 4.55. The molecule has 1 atom stereocenters. The van der Waals surface area contributed by atoms with Crippen LogP contribution in [0.1, 0.15) is 5.56 Å². The van der Waals surface area contributed by atoms with Gasteiger partial charge >= 0.3 is 0 Å². The van der Waals surface area contributed by atoms with E-state index in [0.717, 1.165) is 9.13 Å². The van der Waals surface area contributed by atoms with E-state index in [-0.39, 0.29) is 0 Å². The van der Waals surface area contributed by atoms with Gasteiger partial charge in [-0.2, -0.15) is 0 Å². The zero-order valence-electron chi connectivity index (χ0n) is 7.94. The molecular weight excluding hydrogens is 303 g/mol. The van der Waals surface area contributed by atoms with Gasteiger partial charge in [0.05, 0.1) is 0 Å². The summed E-state index contributed by atoms with van der Waals surface area (Å²) in [6, 6.07) is 7.89. The molecular formula is C10H11IN4. The number of nitrogens with zero attached hydrogens (tertiary/aromatic N) is 1. The Bertz CT molecular complexity index is 424. The molecule has 0 fully saturated rings. The highest BCUT2D eigenvalue weighted by Gasteiger charge is 2.25. The van der Waals surface area contributed by atoms with Crippen molar-refractivity contribution in [3.05, 3.63) is 45.7 Å². The van der Waals surface area contributed by atoms with Crippen LogP contribution in [0.15, 0.2) is 41.5 Å². The lowest BCUT2D eigenvalue weighted by atomic mass is 10.0. The molecule has 0 saturated heterocycles. The molecule has 0 spiro atoms. The highest BCUT2D eigenvalue weighted by molar-refractivity contribution is 14.1. The van der Waals surface area contributed by atoms with Gasteiger partial charge in [-0.05, 0) is 46.4 Å². The lowest BCUT2D eigenvalue weighted by molar-refractivity contribution is 0.581. The summed E-state index contributed by atoms with van der Waals surface area (Å²) < 4.78 is 1.16. The average molecular weight is 314 g/mol. The Morgan fingerprint density at radius 1 is 1.27 bits per heavy atom. The molecule has 5 N–H and O–H groups in total. The van der Waals surface area contributed by atoms with Gasteiger partial charge < -0.3 is 11.1 Å². The van der Waals surface area contributed by atoms with Crippen LogP contribution < -0.4 is 16.8 Å². The van der Waals surface area contributed by atoms with Crippen molar-refractivity contribution >= 4 is 28.6 Å². The van der Waals surface area contributed by atoms with Crippen molar-refractivity contribution in [1.29, 1.82) is 0 Å². The molecule has 1 aliphatic heterocycles. The molecule has 0 bridgehead atoms. The van der Waals surface area contributed by atoms with Crippen molar-refractivity contribution in [3.8, 4) is 0 Å². The minimum atomic E-state index is -0.848. The first-order chi connectivity index (χ1) is 7.10. The van der Waals surface area contributed by atoms with Gasteiger partial charge in [0.1, 0.15) is 0 Å². The number of benzene rings is 1. The summed E-state index contributed by atoms with van der Waals surface area (Å²) in [5, 5.41) is 2.78. The maximum Gasteiger partial charge on any atom is 0.195 e. The van der Waals surface area contributed by atoms with Gasteiger partial charge in [-0.1, -0.05) is 12.1 Å². The second-order valence-electron chi connectivity index (χ2n) is 3.31. The van der Waals surface area contributed by atoms with E-state index in [1.165, 1.54) is 0 Å². The summed E-state index contributed by atoms with van der Waals surface area (Å²) in [4.78, 5) is 4.19. The molecule has 1 aromatic rings. The molecule has 78 valence electrons. The third-order valence-corrected chi connectivity index (χ3v) is 2.90. The van der Waals surface area contributed by atoms with E-state index in [4.69, 9.17) is 11.5 Å². The van der Waals surface area contributed by atoms with Gasteiger partial charge in [0.25, 0.3) is 0 Å². The Kier molecular flexibility index (Phi) is 2.66. The number of rotatable bonds is 1. The van der Waals surface area contributed by atoms with Gasteiger partial charge in [0, 0.05) is 9.77 Å². The lowest BCUT2D eigenvalue weighted by Gasteiger charge is -2.25. The summed E-state index contributed by atoms with van der Waals surface area (Å²) in [6.45, 7) is 0. The van der Waals surface area contributed by atoms with Crippen LogP contribution in [-0.4, -0.2) is 5.96 Å². The fourth-order valence-corrected chi connectivity index (χ4v) is 1.76. The second kappa shape index (κ2) is 3.82. The molecule has 1 heterocycles. The number of hydrogen-bond acceptors (Lipinski definition) is 4. The molecule has 1 unspecified atom stereocenters. The summed E-state index contributed by atoms with van der Waals surface area (Å²) in [5.41, 5.74) is 11.8. The maximum absolute atomic E-state index is 6.12. The summed E-state index contributed by atoms with van der Waals surface area (Å²) in [6.07, 6.45) is 3.49. The van der Waals surface area contributed by atoms with Crippen LogP contribution in [0, 0.1) is 3.57 Å². The number of halogens is 1. The Balaban J connectivity index is 2.41. The van der Waals surface area contributed by atoms with E-state index in [9.17, 15) is 0 Å². The number of hydrogen-bond donors (Lipinski definition) is 3. The molecule has 0 aromatic heterocycles. The molecule has 1 aliphatic rings. The first kappa shape index (κ1) is 10.4. The fourth-order valence-electron chi connectivity index (χ4n) is 1.40. The first-order valence-electron chi connectivity index (χ1n) is 4.45. The summed E-state index contributed by atoms with van der Waals surface area (Å²) in [7, 11) is 0. The van der Waals surface area contributed by atoms with E-state index in [2.05, 4.69) is 32.9 Å². The van der Waals surface area contributed by atoms with Crippen LogP contribution in [0.5, 0.6) is 0 Å². The quantitative estimate of drug-likeness (QED) is 0.672. The highest BCUT2D eigenvalue weighted by Crippen LogP contribution is 2.23. The summed E-state index contributed by atoms with van der Waals surface area (Å²) >= 11 is 2.24. The van der Waals surface area contributed by atoms with E-state index in [1.807, 2.05) is 24.3 Å². The number of nitrogens with one attached hydrogen (secondary N) is 1. The molecule has 5 heteroatoms. The molecule has 0 radical (unpaired) electrons. The zero-order chi connectivity index (χ0) is 10.9. The van der Waals surface area contributed by atoms with Crippen LogP contribution >= 0.6 is 22.6 Å². The van der Waals surface area contributed by atoms with E-state index in [0.29, 0.717) is 5.96 Å². The van der Waals surface area contributed by atoms with Crippen LogP contribution in [0.2, 0.25) is 0 Å². The van der Waals surface area contributed by atoms with Crippen LogP contribution in [0.3, 0.4) is 0 Å². The third-order valence-electron chi connectivity index (χ3n) is 2.18. The average Bonchev–Trinajstić information content (AvgIpc) is 2.18. The SMILES string of the molecule is NC1=NC(N)(c2ccc(I)cc2)C=CN1. The third kappa shape index (κ3) is 2.13. The highest BCUT2D eigenvalue weighted by atomic mass is 127. The predicted molar refractivity (Wildman–Crippen MR) is 68.9 cm³/mol. The lowest BCUT2D eigenvalue weighted by Crippen LogP contribution is -2.42. The smallest absolute Gasteiger partial charge is 0.195 e. The van der Waals surface area contributed by atoms with Gasteiger partial charge in [0.2, 0.25) is 0 Å². The van der Waals surface area contributed by atoms with E-state index in [1.54, 1.807) is 12.3 Å². The predicted octanol–water partition coefficient (Wildman–Crippen LogP) is 0.834. The monoisotopic (exact) mass is 314 g/mol. The van der Waals surface area contributed by atoms with E-state index < -0.39 is 5.66 Å². The molecule has 0 amide bonds. The molecule has 15 heavy (non-hydrogen) atoms. The van der Waals surface area contributed by atoms with Crippen molar-refractivity contribution in [2.45, 2.75) is 5.66 Å². The Morgan fingerprint density at radius 3 is 2.53 bits per heavy atom. The van der Waals surface area contributed by atoms with Crippen LogP contribution in [0.25, 0.3) is 0 Å². The Hall–Kier alpha value is -1.08. The van der Waals surface area contributed by atoms with E-state index >= 15 is 0 Å². The fraction of sp³-hybridized carbons (Fsp3) is 0.100. The standard InChI is InChI=1S/C10H11IN4/c11-8-3-1-7(2-4-8)10(13)5-6-14-9(12)15-10/h1-6H,13H2,(H3,12,14,15). The van der Waals surface area contributed by atoms with Gasteiger partial charge in [0.15, 0.2) is 11.6 Å². The number of nitrogens with two attached hydrogens (primary N) is 2. The largest absolute Gasteiger partial charge is 0.370 e. The van der Waals surface area contributed by atoms with Gasteiger partial charge in [-0.15, -0.1) is 0 Å². The van der Waals surface area contributed by atoms with Crippen molar-refractivity contribution in [1.82, 2.24) is 5.32 Å². The van der Waals surface area contributed by atoms with Crippen molar-refractivity contribution in [3.63, 3.8) is 0 Å². The van der Waals surface area contributed by atoms with Crippen molar-refractivity contribution in [2.24, 2.45) is 16.5 Å². The van der Waals surface area contributed by atoms with Crippen LogP contribution in [-0.2, 0) is 5.66 Å². The number of aliphatic imine (C=N–C) groups is 1. The Morgan fingerprint density at radius 2 is 1.93 bits per heavy atom. The maximum atomic E-state index is 6.12. The minimum Gasteiger partial charge on any atom is -0.370 e. The topological polar surface area (TPSA) is 76.4 Å². The molecule has 1 aromatic carbocycles. The molecule has 2 rings (SSSR count). The van der Waals surface area contributed by atoms with Gasteiger partial charge in [-0.3, -0.25) is 5.73 Å². The number of guanidine groups is 1.